The Kier molecular flexibility index (Phi) is 5.43. The Morgan fingerprint density at radius 2 is 1.69 bits per heavy atom. The Morgan fingerprint density at radius 1 is 0.969 bits per heavy atom. The first kappa shape index (κ1) is 21.0. The summed E-state index contributed by atoms with van der Waals surface area (Å²) in [5, 5.41) is 0. The molecule has 8 heteroatoms. The molecule has 3 aromatic rings. The number of halogens is 1. The second-order valence-corrected chi connectivity index (χ2v) is 9.01. The van der Waals surface area contributed by atoms with E-state index in [-0.39, 0.29) is 24.2 Å². The number of likely N-dealkylation sites (N-methyl/N-ethyl adjacent to an activating group) is 1. The number of rotatable bonds is 3. The van der Waals surface area contributed by atoms with Crippen LogP contribution in [0.2, 0.25) is 0 Å². The Bertz CT molecular complexity index is 1150. The van der Waals surface area contributed by atoms with Crippen LogP contribution < -0.4 is 4.90 Å². The number of aryl methyl sites for hydroxylation is 1. The van der Waals surface area contributed by atoms with Crippen molar-refractivity contribution in [1.82, 2.24) is 24.2 Å². The van der Waals surface area contributed by atoms with Crippen LogP contribution in [0.3, 0.4) is 0 Å². The van der Waals surface area contributed by atoms with Crippen LogP contribution in [0.5, 0.6) is 0 Å². The van der Waals surface area contributed by atoms with E-state index in [1.165, 1.54) is 0 Å². The number of nitrogens with zero attached hydrogens (tertiary/aromatic N) is 6. The smallest absolute Gasteiger partial charge is 0.224 e. The number of ketones is 1. The van der Waals surface area contributed by atoms with E-state index >= 15 is 4.39 Å². The zero-order valence-corrected chi connectivity index (χ0v) is 18.8. The van der Waals surface area contributed by atoms with Crippen LogP contribution in [0.15, 0.2) is 36.5 Å². The number of imidazole rings is 1. The lowest BCUT2D eigenvalue weighted by Gasteiger charge is -2.38. The lowest BCUT2D eigenvalue weighted by atomic mass is 9.90. The van der Waals surface area contributed by atoms with Gasteiger partial charge in [-0.25, -0.2) is 4.98 Å². The molecule has 0 amide bonds. The predicted octanol–water partition coefficient (Wildman–Crippen LogP) is 3.01. The zero-order valence-electron chi connectivity index (χ0n) is 18.8. The number of anilines is 1. The second kappa shape index (κ2) is 8.26. The lowest BCUT2D eigenvalue weighted by molar-refractivity contribution is -0.125. The molecule has 0 bridgehead atoms. The summed E-state index contributed by atoms with van der Waals surface area (Å²) in [5.74, 6) is 0.547. The van der Waals surface area contributed by atoms with Crippen molar-refractivity contribution >= 4 is 17.2 Å². The number of aromatic nitrogens is 3. The fraction of sp³-hybridized carbons (Fsp3) is 0.458. The molecule has 0 saturated carbocycles. The minimum Gasteiger partial charge on any atom is -0.355 e. The van der Waals surface area contributed by atoms with E-state index in [1.54, 1.807) is 10.6 Å². The number of hydrogen-bond acceptors (Lipinski definition) is 6. The minimum absolute atomic E-state index is 0.110. The van der Waals surface area contributed by atoms with E-state index < -0.39 is 6.04 Å². The van der Waals surface area contributed by atoms with Gasteiger partial charge in [-0.15, -0.1) is 0 Å². The molecule has 5 heterocycles. The van der Waals surface area contributed by atoms with Crippen LogP contribution in [0.1, 0.15) is 41.9 Å². The molecule has 2 saturated heterocycles. The number of Topliss-reactive ketones (excluding diaryl/α,β-unsaturated/α-hetero) is 1. The molecule has 0 aliphatic carbocycles. The van der Waals surface area contributed by atoms with Crippen molar-refractivity contribution in [3.8, 4) is 0 Å². The van der Waals surface area contributed by atoms with Crippen LogP contribution in [0.25, 0.3) is 5.65 Å². The fourth-order valence-electron chi connectivity index (χ4n) is 5.00. The molecule has 7 nitrogen and oxygen atoms in total. The maximum absolute atomic E-state index is 15.9. The van der Waals surface area contributed by atoms with Crippen LogP contribution in [0.4, 0.5) is 10.2 Å². The molecule has 2 aliphatic heterocycles. The standard InChI is InChI=1S/C24H29FN6O/c1-16-6-5-9-26-22(16)18-14-17(32)15-19(29(18)3)23-24(25)31-20(27-23)7-4-8-21(31)30-12-10-28(2)11-13-30/h4-9,18-19H,10-15H2,1-3H3/t18-,19+/m1/s1. The van der Waals surface area contributed by atoms with Crippen molar-refractivity contribution in [1.29, 1.82) is 0 Å². The first-order valence-corrected chi connectivity index (χ1v) is 11.2. The zero-order chi connectivity index (χ0) is 22.4. The summed E-state index contributed by atoms with van der Waals surface area (Å²) in [7, 11) is 4.05. The normalized spacial score (nSPS) is 23.2. The summed E-state index contributed by atoms with van der Waals surface area (Å²) in [6.45, 7) is 5.55. The van der Waals surface area contributed by atoms with Gasteiger partial charge < -0.3 is 9.80 Å². The number of fused-ring (bicyclic) bond motifs is 1. The highest BCUT2D eigenvalue weighted by Gasteiger charge is 2.38. The van der Waals surface area contributed by atoms with Gasteiger partial charge in [0.2, 0.25) is 5.95 Å². The number of carbonyl (C=O) groups is 1. The van der Waals surface area contributed by atoms with Crippen molar-refractivity contribution in [2.24, 2.45) is 0 Å². The summed E-state index contributed by atoms with van der Waals surface area (Å²) in [4.78, 5) is 28.5. The Labute approximate surface area is 187 Å². The molecule has 3 aromatic heterocycles. The van der Waals surface area contributed by atoms with Crippen LogP contribution in [-0.2, 0) is 4.79 Å². The van der Waals surface area contributed by atoms with Gasteiger partial charge in [0.15, 0.2) is 0 Å². The number of hydrogen-bond donors (Lipinski definition) is 0. The largest absolute Gasteiger partial charge is 0.355 e. The lowest BCUT2D eigenvalue weighted by Crippen LogP contribution is -2.45. The number of carbonyl (C=O) groups excluding carboxylic acids is 1. The van der Waals surface area contributed by atoms with Crippen molar-refractivity contribution in [3.05, 3.63) is 59.4 Å². The molecule has 5 rings (SSSR count). The van der Waals surface area contributed by atoms with E-state index in [0.29, 0.717) is 17.8 Å². The Morgan fingerprint density at radius 3 is 2.41 bits per heavy atom. The number of piperazine rings is 1. The average molecular weight is 437 g/mol. The Balaban J connectivity index is 1.54. The van der Waals surface area contributed by atoms with Gasteiger partial charge in [0.25, 0.3) is 0 Å². The number of likely N-dealkylation sites (tertiary alicyclic amines) is 1. The summed E-state index contributed by atoms with van der Waals surface area (Å²) < 4.78 is 17.5. The molecule has 2 atom stereocenters. The second-order valence-electron chi connectivity index (χ2n) is 9.01. The molecule has 0 N–H and O–H groups in total. The molecule has 168 valence electrons. The highest BCUT2D eigenvalue weighted by atomic mass is 19.1. The maximum atomic E-state index is 15.9. The van der Waals surface area contributed by atoms with Gasteiger partial charge in [-0.05, 0) is 44.8 Å². The van der Waals surface area contributed by atoms with E-state index in [0.717, 1.165) is 43.3 Å². The molecule has 0 aromatic carbocycles. The van der Waals surface area contributed by atoms with E-state index in [9.17, 15) is 4.79 Å². The van der Waals surface area contributed by atoms with Crippen LogP contribution >= 0.6 is 0 Å². The van der Waals surface area contributed by atoms with E-state index in [4.69, 9.17) is 0 Å². The highest BCUT2D eigenvalue weighted by Crippen LogP contribution is 2.40. The van der Waals surface area contributed by atoms with E-state index in [1.807, 2.05) is 44.3 Å². The molecule has 2 fully saturated rings. The quantitative estimate of drug-likeness (QED) is 0.629. The topological polar surface area (TPSA) is 57.0 Å². The predicted molar refractivity (Wildman–Crippen MR) is 121 cm³/mol. The molecular weight excluding hydrogens is 407 g/mol. The van der Waals surface area contributed by atoms with Gasteiger partial charge >= 0.3 is 0 Å². The summed E-state index contributed by atoms with van der Waals surface area (Å²) >= 11 is 0. The average Bonchev–Trinajstić information content (AvgIpc) is 3.13. The fourth-order valence-corrected chi connectivity index (χ4v) is 5.00. The van der Waals surface area contributed by atoms with Crippen molar-refractivity contribution in [2.75, 3.05) is 45.2 Å². The Hall–Kier alpha value is -2.84. The van der Waals surface area contributed by atoms with Crippen LogP contribution in [0, 0.1) is 12.9 Å². The van der Waals surface area contributed by atoms with Crippen LogP contribution in [-0.4, -0.2) is 70.2 Å². The summed E-state index contributed by atoms with van der Waals surface area (Å²) in [6.07, 6.45) is 2.38. The summed E-state index contributed by atoms with van der Waals surface area (Å²) in [5.41, 5.74) is 2.81. The molecular formula is C24H29FN6O. The van der Waals surface area contributed by atoms with Gasteiger partial charge in [0.1, 0.15) is 22.9 Å². The minimum atomic E-state index is -0.428. The third-order valence-electron chi connectivity index (χ3n) is 6.93. The van der Waals surface area contributed by atoms with Gasteiger partial charge in [0.05, 0.1) is 17.8 Å². The molecule has 2 aliphatic rings. The van der Waals surface area contributed by atoms with Crippen molar-refractivity contribution in [3.63, 3.8) is 0 Å². The third-order valence-corrected chi connectivity index (χ3v) is 6.93. The SMILES string of the molecule is Cc1cccnc1[C@H]1CC(=O)C[C@@H](c2nc3cccc(N4CCN(C)CC4)n3c2F)N1C. The first-order valence-electron chi connectivity index (χ1n) is 11.2. The molecule has 0 radical (unpaired) electrons. The van der Waals surface area contributed by atoms with E-state index in [2.05, 4.69) is 31.7 Å². The molecule has 0 spiro atoms. The van der Waals surface area contributed by atoms with Gasteiger partial charge in [-0.2, -0.15) is 4.39 Å². The maximum Gasteiger partial charge on any atom is 0.224 e. The highest BCUT2D eigenvalue weighted by molar-refractivity contribution is 5.81. The van der Waals surface area contributed by atoms with Gasteiger partial charge in [-0.3, -0.25) is 19.1 Å². The van der Waals surface area contributed by atoms with Crippen molar-refractivity contribution < 1.29 is 9.18 Å². The number of pyridine rings is 2. The first-order chi connectivity index (χ1) is 15.4. The molecule has 0 unspecified atom stereocenters. The molecule has 32 heavy (non-hydrogen) atoms. The summed E-state index contributed by atoms with van der Waals surface area (Å²) in [6, 6.07) is 8.97. The number of piperidine rings is 1. The third kappa shape index (κ3) is 3.57. The van der Waals surface area contributed by atoms with Gasteiger partial charge in [0, 0.05) is 45.2 Å². The van der Waals surface area contributed by atoms with Gasteiger partial charge in [-0.1, -0.05) is 12.1 Å². The monoisotopic (exact) mass is 436 g/mol. The van der Waals surface area contributed by atoms with Crippen molar-refractivity contribution in [2.45, 2.75) is 31.8 Å².